The minimum atomic E-state index is 0. The normalized spacial score (nSPS) is 1.00. The molecule has 0 aliphatic heterocycles. The van der Waals surface area contributed by atoms with Crippen LogP contribution in [0.3, 0.4) is 0 Å². The van der Waals surface area contributed by atoms with E-state index in [1.54, 1.807) is 0 Å². The van der Waals surface area contributed by atoms with E-state index in [0.29, 0.717) is 0 Å². The third kappa shape index (κ3) is 9.96. The van der Waals surface area contributed by atoms with E-state index < -0.39 is 0 Å². The first kappa shape index (κ1) is 18.1. The Labute approximate surface area is 59.0 Å². The molecule has 16 valence electrons. The van der Waals surface area contributed by atoms with Crippen LogP contribution in [0.25, 0.3) is 0 Å². The molecule has 1 nitrogen and oxygen atoms in total. The summed E-state index contributed by atoms with van der Waals surface area (Å²) in [5, 5.41) is 0. The van der Waals surface area contributed by atoms with E-state index in [9.17, 15) is 0 Å². The number of hydrogen-bond acceptors (Lipinski definition) is 2. The van der Waals surface area contributed by atoms with Gasteiger partial charge in [-0.2, -0.15) is 4.21 Å². The Morgan fingerprint density at radius 2 is 1.25 bits per heavy atom. The fourth-order valence-electron chi connectivity index (χ4n) is 0. The fraction of sp³-hybridized carbons (Fsp3) is 0. The molecular formula is MgOSZn. The Morgan fingerprint density at radius 1 is 1.25 bits per heavy atom. The van der Waals surface area contributed by atoms with Crippen molar-refractivity contribution in [2.24, 2.45) is 0 Å². The second kappa shape index (κ2) is 25.8. The second-order valence-electron chi connectivity index (χ2n) is 0. The summed E-state index contributed by atoms with van der Waals surface area (Å²) in [6.07, 6.45) is 0. The number of rotatable bonds is 0. The Kier molecular flexibility index (Phi) is 117. The van der Waals surface area contributed by atoms with E-state index in [0.717, 1.165) is 0 Å². The monoisotopic (exact) mass is 136 g/mol. The van der Waals surface area contributed by atoms with Gasteiger partial charge < -0.3 is 0 Å². The van der Waals surface area contributed by atoms with Crippen molar-refractivity contribution in [3.8, 4) is 0 Å². The SMILES string of the molecule is O=S.[Mg].[Zn]. The van der Waals surface area contributed by atoms with Crippen molar-refractivity contribution in [3.05, 3.63) is 0 Å². The van der Waals surface area contributed by atoms with E-state index >= 15 is 0 Å². The quantitative estimate of drug-likeness (QED) is 0.410. The van der Waals surface area contributed by atoms with E-state index in [2.05, 4.69) is 12.5 Å². The van der Waals surface area contributed by atoms with Crippen molar-refractivity contribution in [2.45, 2.75) is 0 Å². The summed E-state index contributed by atoms with van der Waals surface area (Å²) in [6.45, 7) is 0. The molecule has 0 aromatic rings. The van der Waals surface area contributed by atoms with Crippen LogP contribution >= 0.6 is 0 Å². The minimum absolute atomic E-state index is 0. The van der Waals surface area contributed by atoms with Gasteiger partial charge in [-0.05, 0) is 0 Å². The molecule has 0 saturated carbocycles. The molecule has 0 heterocycles. The molecule has 0 bridgehead atoms. The first-order chi connectivity index (χ1) is 1.00. The summed E-state index contributed by atoms with van der Waals surface area (Å²) in [5.74, 6) is 0. The molecule has 0 aliphatic carbocycles. The standard InChI is InChI=1S/Mg.OS.Zn/c;1-2;. The van der Waals surface area contributed by atoms with Gasteiger partial charge in [-0.15, -0.1) is 0 Å². The molecule has 0 unspecified atom stereocenters. The maximum absolute atomic E-state index is 7.83. The summed E-state index contributed by atoms with van der Waals surface area (Å²) < 4.78 is 7.83. The van der Waals surface area contributed by atoms with Crippen LogP contribution in [-0.2, 0) is 32.0 Å². The molecule has 0 N–H and O–H groups in total. The van der Waals surface area contributed by atoms with Crippen molar-refractivity contribution in [2.75, 3.05) is 0 Å². The van der Waals surface area contributed by atoms with Gasteiger partial charge in [-0.1, -0.05) is 0 Å². The number of hydrogen-bond donors (Lipinski definition) is 0. The van der Waals surface area contributed by atoms with E-state index in [1.165, 1.54) is 0 Å². The third-order valence-electron chi connectivity index (χ3n) is 0. The minimum Gasteiger partial charge on any atom is -0.197 e. The summed E-state index contributed by atoms with van der Waals surface area (Å²) in [5.41, 5.74) is 0. The van der Waals surface area contributed by atoms with Crippen LogP contribution < -0.4 is 0 Å². The van der Waals surface area contributed by atoms with Crippen molar-refractivity contribution >= 4 is 35.6 Å². The predicted molar refractivity (Wildman–Crippen MR) is 13.9 cm³/mol. The van der Waals surface area contributed by atoms with Gasteiger partial charge in [0.2, 0.25) is 0 Å². The Morgan fingerprint density at radius 3 is 1.25 bits per heavy atom. The zero-order chi connectivity index (χ0) is 2.00. The van der Waals surface area contributed by atoms with Crippen LogP contribution in [0, 0.1) is 0 Å². The maximum Gasteiger partial charge on any atom is 0.197 e. The Bertz CT molecular complexity index is 8.00. The molecule has 0 rings (SSSR count). The van der Waals surface area contributed by atoms with E-state index in [4.69, 9.17) is 4.21 Å². The topological polar surface area (TPSA) is 17.1 Å². The molecule has 0 amide bonds. The van der Waals surface area contributed by atoms with E-state index in [-0.39, 0.29) is 42.5 Å². The van der Waals surface area contributed by atoms with Gasteiger partial charge >= 0.3 is 0 Å². The molecule has 4 heteroatoms. The van der Waals surface area contributed by atoms with Gasteiger partial charge in [0, 0.05) is 42.5 Å². The molecule has 0 atom stereocenters. The first-order valence-electron chi connectivity index (χ1n) is 0.167. The molecular weight excluding hydrogens is 138 g/mol. The Balaban J connectivity index is -0.00000000500. The van der Waals surface area contributed by atoms with Crippen molar-refractivity contribution in [3.63, 3.8) is 0 Å². The summed E-state index contributed by atoms with van der Waals surface area (Å²) in [4.78, 5) is 0. The smallest absolute Gasteiger partial charge is 0.197 e. The zero-order valence-corrected chi connectivity index (χ0v) is 7.43. The third-order valence-corrected chi connectivity index (χ3v) is 0. The second-order valence-corrected chi connectivity index (χ2v) is 0. The summed E-state index contributed by atoms with van der Waals surface area (Å²) in [7, 11) is 0. The van der Waals surface area contributed by atoms with Crippen LogP contribution in [0.1, 0.15) is 0 Å². The van der Waals surface area contributed by atoms with Crippen LogP contribution in [-0.4, -0.2) is 27.3 Å². The predicted octanol–water partition coefficient (Wildman–Crippen LogP) is -0.720. The molecule has 0 aromatic carbocycles. The van der Waals surface area contributed by atoms with Crippen LogP contribution in [0.4, 0.5) is 0 Å². The van der Waals surface area contributed by atoms with Gasteiger partial charge in [0.25, 0.3) is 0 Å². The van der Waals surface area contributed by atoms with Gasteiger partial charge in [0.05, 0.1) is 0 Å². The Hall–Kier alpha value is 1.41. The molecule has 0 aliphatic rings. The maximum atomic E-state index is 7.83. The van der Waals surface area contributed by atoms with Crippen molar-refractivity contribution < 1.29 is 23.7 Å². The van der Waals surface area contributed by atoms with Gasteiger partial charge in [0.15, 0.2) is 12.5 Å². The molecule has 0 fully saturated rings. The van der Waals surface area contributed by atoms with Gasteiger partial charge in [0.1, 0.15) is 0 Å². The van der Waals surface area contributed by atoms with Gasteiger partial charge in [-0.3, -0.25) is 0 Å². The zero-order valence-electron chi connectivity index (χ0n) is 2.23. The molecule has 2 radical (unpaired) electrons. The molecule has 0 aromatic heterocycles. The van der Waals surface area contributed by atoms with Crippen molar-refractivity contribution in [1.82, 2.24) is 0 Å². The molecule has 0 saturated heterocycles. The first-order valence-corrected chi connectivity index (χ1v) is 0.500. The van der Waals surface area contributed by atoms with Crippen molar-refractivity contribution in [1.29, 1.82) is 0 Å². The van der Waals surface area contributed by atoms with Gasteiger partial charge in [-0.25, -0.2) is 0 Å². The van der Waals surface area contributed by atoms with E-state index in [1.807, 2.05) is 0 Å². The largest absolute Gasteiger partial charge is 0.197 e. The summed E-state index contributed by atoms with van der Waals surface area (Å²) in [6, 6.07) is 0. The average Bonchev–Trinajstić information content (AvgIpc) is 1.00. The average molecular weight is 138 g/mol. The molecule has 4 heavy (non-hydrogen) atoms. The summed E-state index contributed by atoms with van der Waals surface area (Å²) >= 11 is 2.83. The fourth-order valence-corrected chi connectivity index (χ4v) is 0. The molecule has 0 spiro atoms. The van der Waals surface area contributed by atoms with Crippen LogP contribution in [0.2, 0.25) is 0 Å². The van der Waals surface area contributed by atoms with Crippen LogP contribution in [0.15, 0.2) is 0 Å². The van der Waals surface area contributed by atoms with Crippen LogP contribution in [0.5, 0.6) is 0 Å².